The summed E-state index contributed by atoms with van der Waals surface area (Å²) in [5.74, 6) is 0.156. The first kappa shape index (κ1) is 18.2. The van der Waals surface area contributed by atoms with Crippen LogP contribution < -0.4 is 4.74 Å². The molecule has 0 bridgehead atoms. The Kier molecular flexibility index (Phi) is 6.87. The molecular formula is C17H25BrN2O3. The van der Waals surface area contributed by atoms with Crippen molar-refractivity contribution >= 4 is 21.9 Å². The SMILES string of the molecule is CCN(CC(=O)O)C1CCN(Cc2cccc(Br)c2OC)CC1. The van der Waals surface area contributed by atoms with Gasteiger partial charge in [0.1, 0.15) is 5.75 Å². The van der Waals surface area contributed by atoms with E-state index in [0.29, 0.717) is 6.04 Å². The average Bonchev–Trinajstić information content (AvgIpc) is 2.53. The number of para-hydroxylation sites is 1. The molecule has 1 saturated heterocycles. The predicted octanol–water partition coefficient (Wildman–Crippen LogP) is 2.83. The zero-order valence-electron chi connectivity index (χ0n) is 13.8. The molecule has 0 saturated carbocycles. The molecule has 1 aromatic rings. The van der Waals surface area contributed by atoms with E-state index in [4.69, 9.17) is 9.84 Å². The van der Waals surface area contributed by atoms with E-state index in [2.05, 4.69) is 31.8 Å². The Labute approximate surface area is 146 Å². The van der Waals surface area contributed by atoms with Crippen LogP contribution in [0, 0.1) is 0 Å². The second-order valence-corrected chi connectivity index (χ2v) is 6.75. The first-order chi connectivity index (χ1) is 11.0. The Morgan fingerprint density at radius 1 is 1.43 bits per heavy atom. The van der Waals surface area contributed by atoms with Crippen LogP contribution >= 0.6 is 15.9 Å². The maximum absolute atomic E-state index is 10.9. The monoisotopic (exact) mass is 384 g/mol. The summed E-state index contributed by atoms with van der Waals surface area (Å²) in [5.41, 5.74) is 1.18. The standard InChI is InChI=1S/C17H25BrN2O3/c1-3-20(12-16(21)22)14-7-9-19(10-8-14)11-13-5-4-6-15(18)17(13)23-2/h4-6,14H,3,7-12H2,1-2H3,(H,21,22). The van der Waals surface area contributed by atoms with E-state index in [1.165, 1.54) is 5.56 Å². The molecule has 0 radical (unpaired) electrons. The minimum atomic E-state index is -0.742. The van der Waals surface area contributed by atoms with Gasteiger partial charge in [-0.05, 0) is 54.5 Å². The third kappa shape index (κ3) is 4.93. The fourth-order valence-electron chi connectivity index (χ4n) is 3.26. The number of halogens is 1. The topological polar surface area (TPSA) is 53.0 Å². The second-order valence-electron chi connectivity index (χ2n) is 5.90. The molecule has 1 fully saturated rings. The summed E-state index contributed by atoms with van der Waals surface area (Å²) < 4.78 is 6.47. The molecule has 128 valence electrons. The number of likely N-dealkylation sites (tertiary alicyclic amines) is 1. The molecule has 0 spiro atoms. The van der Waals surface area contributed by atoms with Gasteiger partial charge in [-0.15, -0.1) is 0 Å². The molecule has 23 heavy (non-hydrogen) atoms. The van der Waals surface area contributed by atoms with Gasteiger partial charge in [0.2, 0.25) is 0 Å². The number of ether oxygens (including phenoxy) is 1. The summed E-state index contributed by atoms with van der Waals surface area (Å²) in [6, 6.07) is 6.48. The van der Waals surface area contributed by atoms with Crippen molar-refractivity contribution in [3.8, 4) is 5.75 Å². The lowest BCUT2D eigenvalue weighted by Gasteiger charge is -2.37. The minimum absolute atomic E-state index is 0.140. The molecule has 0 unspecified atom stereocenters. The number of carboxylic acid groups (broad SMARTS) is 1. The van der Waals surface area contributed by atoms with E-state index in [1.807, 2.05) is 19.1 Å². The number of piperidine rings is 1. The summed E-state index contributed by atoms with van der Waals surface area (Å²) in [5, 5.41) is 9.01. The maximum atomic E-state index is 10.9. The maximum Gasteiger partial charge on any atom is 0.317 e. The van der Waals surface area contributed by atoms with E-state index in [0.717, 1.165) is 49.2 Å². The van der Waals surface area contributed by atoms with Gasteiger partial charge in [-0.25, -0.2) is 0 Å². The van der Waals surface area contributed by atoms with Crippen molar-refractivity contribution in [2.24, 2.45) is 0 Å². The van der Waals surface area contributed by atoms with Crippen molar-refractivity contribution in [1.29, 1.82) is 0 Å². The molecule has 5 nitrogen and oxygen atoms in total. The van der Waals surface area contributed by atoms with E-state index in [1.54, 1.807) is 7.11 Å². The highest BCUT2D eigenvalue weighted by Gasteiger charge is 2.25. The Balaban J connectivity index is 1.92. The lowest BCUT2D eigenvalue weighted by atomic mass is 10.0. The highest BCUT2D eigenvalue weighted by Crippen LogP contribution is 2.30. The molecule has 1 N–H and O–H groups in total. The van der Waals surface area contributed by atoms with Crippen molar-refractivity contribution in [3.63, 3.8) is 0 Å². The summed E-state index contributed by atoms with van der Waals surface area (Å²) in [7, 11) is 1.70. The molecule has 0 atom stereocenters. The van der Waals surface area contributed by atoms with Gasteiger partial charge in [0.15, 0.2) is 0 Å². The highest BCUT2D eigenvalue weighted by molar-refractivity contribution is 9.10. The van der Waals surface area contributed by atoms with Crippen LogP contribution in [0.2, 0.25) is 0 Å². The van der Waals surface area contributed by atoms with Crippen LogP contribution in [0.4, 0.5) is 0 Å². The van der Waals surface area contributed by atoms with Crippen molar-refractivity contribution < 1.29 is 14.6 Å². The number of carboxylic acids is 1. The number of hydrogen-bond acceptors (Lipinski definition) is 4. The van der Waals surface area contributed by atoms with E-state index in [-0.39, 0.29) is 6.54 Å². The fraction of sp³-hybridized carbons (Fsp3) is 0.588. The first-order valence-electron chi connectivity index (χ1n) is 8.04. The largest absolute Gasteiger partial charge is 0.495 e. The highest BCUT2D eigenvalue weighted by atomic mass is 79.9. The van der Waals surface area contributed by atoms with Gasteiger partial charge in [0.25, 0.3) is 0 Å². The van der Waals surface area contributed by atoms with Gasteiger partial charge < -0.3 is 9.84 Å². The van der Waals surface area contributed by atoms with Crippen LogP contribution in [0.3, 0.4) is 0 Å². The van der Waals surface area contributed by atoms with Gasteiger partial charge in [0.05, 0.1) is 18.1 Å². The zero-order chi connectivity index (χ0) is 16.8. The Morgan fingerprint density at radius 2 is 2.13 bits per heavy atom. The van der Waals surface area contributed by atoms with Crippen LogP contribution in [0.1, 0.15) is 25.3 Å². The molecule has 1 aromatic carbocycles. The average molecular weight is 385 g/mol. The van der Waals surface area contributed by atoms with Gasteiger partial charge in [0, 0.05) is 18.2 Å². The van der Waals surface area contributed by atoms with Crippen molar-refractivity contribution in [2.45, 2.75) is 32.4 Å². The van der Waals surface area contributed by atoms with Crippen LogP contribution in [-0.4, -0.2) is 60.2 Å². The van der Waals surface area contributed by atoms with Gasteiger partial charge in [-0.3, -0.25) is 14.6 Å². The second kappa shape index (κ2) is 8.66. The number of carbonyl (C=O) groups is 1. The molecule has 1 heterocycles. The number of likely N-dealkylation sites (N-methyl/N-ethyl adjacent to an activating group) is 1. The van der Waals surface area contributed by atoms with E-state index >= 15 is 0 Å². The lowest BCUT2D eigenvalue weighted by molar-refractivity contribution is -0.139. The number of methoxy groups -OCH3 is 1. The van der Waals surface area contributed by atoms with E-state index < -0.39 is 5.97 Å². The first-order valence-corrected chi connectivity index (χ1v) is 8.84. The van der Waals surface area contributed by atoms with E-state index in [9.17, 15) is 4.79 Å². The molecular weight excluding hydrogens is 360 g/mol. The Hall–Kier alpha value is -1.11. The summed E-state index contributed by atoms with van der Waals surface area (Å²) >= 11 is 3.53. The smallest absolute Gasteiger partial charge is 0.317 e. The van der Waals surface area contributed by atoms with Gasteiger partial charge >= 0.3 is 5.97 Å². The predicted molar refractivity (Wildman–Crippen MR) is 93.9 cm³/mol. The molecule has 1 aliphatic heterocycles. The third-order valence-corrected chi connectivity index (χ3v) is 5.09. The third-order valence-electron chi connectivity index (χ3n) is 4.46. The van der Waals surface area contributed by atoms with Crippen LogP contribution in [0.15, 0.2) is 22.7 Å². The Morgan fingerprint density at radius 3 is 2.70 bits per heavy atom. The number of rotatable bonds is 7. The summed E-state index contributed by atoms with van der Waals surface area (Å²) in [4.78, 5) is 15.4. The number of benzene rings is 1. The van der Waals surface area contributed by atoms with Crippen LogP contribution in [0.25, 0.3) is 0 Å². The number of nitrogens with zero attached hydrogens (tertiary/aromatic N) is 2. The lowest BCUT2D eigenvalue weighted by Crippen LogP contribution is -2.46. The van der Waals surface area contributed by atoms with Crippen LogP contribution in [0.5, 0.6) is 5.75 Å². The van der Waals surface area contributed by atoms with Crippen molar-refractivity contribution in [3.05, 3.63) is 28.2 Å². The Bertz CT molecular complexity index is 531. The molecule has 0 amide bonds. The minimum Gasteiger partial charge on any atom is -0.495 e. The van der Waals surface area contributed by atoms with Crippen LogP contribution in [-0.2, 0) is 11.3 Å². The summed E-state index contributed by atoms with van der Waals surface area (Å²) in [6.45, 7) is 5.78. The molecule has 0 aromatic heterocycles. The summed E-state index contributed by atoms with van der Waals surface area (Å²) in [6.07, 6.45) is 2.02. The molecule has 0 aliphatic carbocycles. The molecule has 2 rings (SSSR count). The molecule has 6 heteroatoms. The number of aliphatic carboxylic acids is 1. The number of hydrogen-bond donors (Lipinski definition) is 1. The quantitative estimate of drug-likeness (QED) is 0.783. The normalized spacial score (nSPS) is 16.7. The van der Waals surface area contributed by atoms with Crippen molar-refractivity contribution in [2.75, 3.05) is 33.3 Å². The van der Waals surface area contributed by atoms with Gasteiger partial charge in [-0.2, -0.15) is 0 Å². The van der Waals surface area contributed by atoms with Crippen molar-refractivity contribution in [1.82, 2.24) is 9.80 Å². The molecule has 1 aliphatic rings. The van der Waals surface area contributed by atoms with Gasteiger partial charge in [-0.1, -0.05) is 19.1 Å². The zero-order valence-corrected chi connectivity index (χ0v) is 15.4. The fourth-order valence-corrected chi connectivity index (χ4v) is 3.83.